The molecule has 0 N–H and O–H groups in total. The molecule has 1 aliphatic heterocycles. The molecule has 5 heterocycles. The summed E-state index contributed by atoms with van der Waals surface area (Å²) in [5, 5.41) is 13.2. The number of nitrogens with zero attached hydrogens (tertiary/aromatic N) is 9. The third kappa shape index (κ3) is 2.77. The third-order valence-electron chi connectivity index (χ3n) is 4.70. The lowest BCUT2D eigenvalue weighted by molar-refractivity contribution is 0.847. The highest BCUT2D eigenvalue weighted by Crippen LogP contribution is 2.23. The molecule has 134 valence electrons. The second-order valence-corrected chi connectivity index (χ2v) is 6.45. The molecule has 1 fully saturated rings. The summed E-state index contributed by atoms with van der Waals surface area (Å²) >= 11 is 0. The zero-order valence-electron chi connectivity index (χ0n) is 14.8. The van der Waals surface area contributed by atoms with Crippen molar-refractivity contribution in [2.75, 3.05) is 18.0 Å². The Balaban J connectivity index is 1.58. The van der Waals surface area contributed by atoms with E-state index in [1.54, 1.807) is 23.1 Å². The van der Waals surface area contributed by atoms with Gasteiger partial charge in [-0.2, -0.15) is 9.50 Å². The van der Waals surface area contributed by atoms with Crippen molar-refractivity contribution in [1.29, 1.82) is 0 Å². The maximum atomic E-state index is 4.70. The molecule has 0 radical (unpaired) electrons. The number of aromatic nitrogens is 8. The minimum Gasteiger partial charge on any atom is -0.341 e. The van der Waals surface area contributed by atoms with Gasteiger partial charge in [0.15, 0.2) is 5.82 Å². The van der Waals surface area contributed by atoms with Crippen molar-refractivity contribution in [1.82, 2.24) is 39.7 Å². The number of anilines is 1. The van der Waals surface area contributed by atoms with E-state index in [4.69, 9.17) is 4.98 Å². The van der Waals surface area contributed by atoms with Crippen LogP contribution < -0.4 is 4.90 Å². The predicted octanol–water partition coefficient (Wildman–Crippen LogP) is 1.95. The molecule has 0 aromatic carbocycles. The average molecular weight is 359 g/mol. The number of pyridine rings is 1. The Labute approximate surface area is 155 Å². The van der Waals surface area contributed by atoms with Gasteiger partial charge in [-0.05, 0) is 38.0 Å². The van der Waals surface area contributed by atoms with Crippen LogP contribution in [0.5, 0.6) is 0 Å². The number of hydrogen-bond donors (Lipinski definition) is 0. The Morgan fingerprint density at radius 3 is 2.56 bits per heavy atom. The lowest BCUT2D eigenvalue weighted by Crippen LogP contribution is -2.20. The zero-order chi connectivity index (χ0) is 18.2. The minimum atomic E-state index is 0.455. The quantitative estimate of drug-likeness (QED) is 0.547. The van der Waals surface area contributed by atoms with Gasteiger partial charge in [-0.25, -0.2) is 9.97 Å². The maximum Gasteiger partial charge on any atom is 0.272 e. The van der Waals surface area contributed by atoms with Crippen molar-refractivity contribution in [2.45, 2.75) is 19.8 Å². The van der Waals surface area contributed by atoms with E-state index in [1.807, 2.05) is 25.1 Å². The van der Waals surface area contributed by atoms with Crippen LogP contribution in [0, 0.1) is 6.92 Å². The lowest BCUT2D eigenvalue weighted by atomic mass is 10.2. The molecule has 0 bridgehead atoms. The highest BCUT2D eigenvalue weighted by atomic mass is 15.4. The Morgan fingerprint density at radius 1 is 0.926 bits per heavy atom. The van der Waals surface area contributed by atoms with Crippen molar-refractivity contribution in [3.05, 3.63) is 42.5 Å². The van der Waals surface area contributed by atoms with Gasteiger partial charge in [0.1, 0.15) is 5.69 Å². The average Bonchev–Trinajstić information content (AvgIpc) is 3.40. The number of hydrogen-bond acceptors (Lipinski definition) is 8. The van der Waals surface area contributed by atoms with E-state index in [9.17, 15) is 0 Å². The van der Waals surface area contributed by atoms with Gasteiger partial charge in [0.2, 0.25) is 5.95 Å². The summed E-state index contributed by atoms with van der Waals surface area (Å²) in [4.78, 5) is 19.8. The molecule has 0 amide bonds. The summed E-state index contributed by atoms with van der Waals surface area (Å²) in [6.45, 7) is 3.93. The Kier molecular flexibility index (Phi) is 3.70. The molecule has 0 aliphatic carbocycles. The normalized spacial score (nSPS) is 14.2. The van der Waals surface area contributed by atoms with Crippen LogP contribution >= 0.6 is 0 Å². The van der Waals surface area contributed by atoms with Crippen molar-refractivity contribution < 1.29 is 0 Å². The Morgan fingerprint density at radius 2 is 1.74 bits per heavy atom. The topological polar surface area (TPSA) is 97.9 Å². The summed E-state index contributed by atoms with van der Waals surface area (Å²) in [5.74, 6) is 1.78. The smallest absolute Gasteiger partial charge is 0.272 e. The number of fused-ring (bicyclic) bond motifs is 1. The van der Waals surface area contributed by atoms with E-state index in [0.29, 0.717) is 17.3 Å². The van der Waals surface area contributed by atoms with Gasteiger partial charge in [-0.15, -0.1) is 15.3 Å². The Hall–Kier alpha value is -3.49. The molecule has 0 spiro atoms. The molecule has 9 nitrogen and oxygen atoms in total. The second kappa shape index (κ2) is 6.35. The predicted molar refractivity (Wildman–Crippen MR) is 99.0 cm³/mol. The summed E-state index contributed by atoms with van der Waals surface area (Å²) < 4.78 is 1.70. The van der Waals surface area contributed by atoms with E-state index in [-0.39, 0.29) is 0 Å². The Bertz CT molecular complexity index is 1100. The fourth-order valence-electron chi connectivity index (χ4n) is 3.27. The first-order chi connectivity index (χ1) is 13.3. The van der Waals surface area contributed by atoms with Gasteiger partial charge in [0.25, 0.3) is 5.78 Å². The third-order valence-corrected chi connectivity index (χ3v) is 4.70. The molecule has 0 saturated carbocycles. The van der Waals surface area contributed by atoms with Gasteiger partial charge in [0, 0.05) is 37.2 Å². The van der Waals surface area contributed by atoms with Crippen molar-refractivity contribution >= 4 is 11.7 Å². The van der Waals surface area contributed by atoms with Crippen LogP contribution in [0.25, 0.3) is 28.6 Å². The molecule has 0 unspecified atom stereocenters. The molecule has 4 aromatic rings. The van der Waals surface area contributed by atoms with Gasteiger partial charge in [0.05, 0.1) is 11.4 Å². The summed E-state index contributed by atoms with van der Waals surface area (Å²) in [6.07, 6.45) is 7.55. The van der Waals surface area contributed by atoms with Gasteiger partial charge >= 0.3 is 0 Å². The van der Waals surface area contributed by atoms with Crippen molar-refractivity contribution in [2.24, 2.45) is 0 Å². The zero-order valence-corrected chi connectivity index (χ0v) is 14.8. The number of rotatable bonds is 3. The van der Waals surface area contributed by atoms with Crippen molar-refractivity contribution in [3.8, 4) is 22.8 Å². The SMILES string of the molecule is Cc1c(-c2ccnc(N3CCCC3)n2)nnc2nc(-c3ccncc3)nn12. The van der Waals surface area contributed by atoms with Crippen LogP contribution in [0.15, 0.2) is 36.8 Å². The van der Waals surface area contributed by atoms with Crippen LogP contribution in [0.4, 0.5) is 5.95 Å². The fraction of sp³-hybridized carbons (Fsp3) is 0.278. The molecule has 0 atom stereocenters. The van der Waals surface area contributed by atoms with E-state index >= 15 is 0 Å². The summed E-state index contributed by atoms with van der Waals surface area (Å²) in [6, 6.07) is 5.58. The highest BCUT2D eigenvalue weighted by Gasteiger charge is 2.18. The molecule has 1 aliphatic rings. The highest BCUT2D eigenvalue weighted by molar-refractivity contribution is 5.61. The first-order valence-electron chi connectivity index (χ1n) is 8.88. The maximum absolute atomic E-state index is 4.70. The van der Waals surface area contributed by atoms with Crippen LogP contribution in [-0.4, -0.2) is 52.8 Å². The molecule has 9 heteroatoms. The first kappa shape index (κ1) is 15.7. The van der Waals surface area contributed by atoms with Crippen LogP contribution in [0.2, 0.25) is 0 Å². The summed E-state index contributed by atoms with van der Waals surface area (Å²) in [7, 11) is 0. The molecule has 27 heavy (non-hydrogen) atoms. The van der Waals surface area contributed by atoms with Gasteiger partial charge in [-0.1, -0.05) is 0 Å². The largest absolute Gasteiger partial charge is 0.341 e. The van der Waals surface area contributed by atoms with Crippen LogP contribution in [0.3, 0.4) is 0 Å². The fourth-order valence-corrected chi connectivity index (χ4v) is 3.27. The van der Waals surface area contributed by atoms with E-state index in [2.05, 4.69) is 35.1 Å². The number of aryl methyl sites for hydroxylation is 1. The minimum absolute atomic E-state index is 0.455. The van der Waals surface area contributed by atoms with Crippen LogP contribution in [-0.2, 0) is 0 Å². The van der Waals surface area contributed by atoms with Gasteiger partial charge < -0.3 is 4.90 Å². The molecular formula is C18H17N9. The monoisotopic (exact) mass is 359 g/mol. The second-order valence-electron chi connectivity index (χ2n) is 6.45. The van der Waals surface area contributed by atoms with E-state index < -0.39 is 0 Å². The van der Waals surface area contributed by atoms with E-state index in [0.717, 1.165) is 36.0 Å². The standard InChI is InChI=1S/C18H17N9/c1-12-15(14-6-9-20-17(21-14)26-10-2-3-11-26)23-24-18-22-16(25-27(12)18)13-4-7-19-8-5-13/h4-9H,2-3,10-11H2,1H3. The van der Waals surface area contributed by atoms with Gasteiger partial charge in [-0.3, -0.25) is 4.98 Å². The molecular weight excluding hydrogens is 342 g/mol. The summed E-state index contributed by atoms with van der Waals surface area (Å²) in [5.41, 5.74) is 3.13. The van der Waals surface area contributed by atoms with E-state index in [1.165, 1.54) is 12.8 Å². The van der Waals surface area contributed by atoms with Crippen molar-refractivity contribution in [3.63, 3.8) is 0 Å². The molecule has 1 saturated heterocycles. The first-order valence-corrected chi connectivity index (χ1v) is 8.88. The molecule has 4 aromatic heterocycles. The lowest BCUT2D eigenvalue weighted by Gasteiger charge is -2.15. The van der Waals surface area contributed by atoms with Crippen LogP contribution in [0.1, 0.15) is 18.5 Å². The molecule has 5 rings (SSSR count).